The molecule has 0 aliphatic rings. The molecule has 0 unspecified atom stereocenters. The molecule has 0 saturated heterocycles. The molecule has 3 aromatic carbocycles. The molecule has 0 heterocycles. The monoisotopic (exact) mass is 571 g/mol. The minimum absolute atomic E-state index is 0.0626. The summed E-state index contributed by atoms with van der Waals surface area (Å²) < 4.78 is 25.1. The van der Waals surface area contributed by atoms with Crippen LogP contribution < -0.4 is 10.5 Å². The van der Waals surface area contributed by atoms with Crippen molar-refractivity contribution in [3.05, 3.63) is 83.4 Å². The number of benzene rings is 3. The van der Waals surface area contributed by atoms with Crippen molar-refractivity contribution in [1.29, 1.82) is 0 Å². The molecule has 3 aromatic rings. The van der Waals surface area contributed by atoms with Crippen LogP contribution >= 0.6 is 11.8 Å². The molecule has 0 aliphatic heterocycles. The molecule has 0 saturated carbocycles. The van der Waals surface area contributed by atoms with Gasteiger partial charge >= 0.3 is 6.09 Å². The number of hydrogen-bond donors (Lipinski definition) is 4. The van der Waals surface area contributed by atoms with Gasteiger partial charge in [0.15, 0.2) is 0 Å². The highest BCUT2D eigenvalue weighted by Crippen LogP contribution is 2.32. The van der Waals surface area contributed by atoms with Crippen molar-refractivity contribution in [2.45, 2.75) is 36.5 Å². The van der Waals surface area contributed by atoms with Gasteiger partial charge in [0, 0.05) is 22.4 Å². The summed E-state index contributed by atoms with van der Waals surface area (Å²) in [6.07, 6.45) is -0.686. The van der Waals surface area contributed by atoms with Crippen LogP contribution in [0.3, 0.4) is 0 Å². The lowest BCUT2D eigenvalue weighted by molar-refractivity contribution is 0.0971. The smallest absolute Gasteiger partial charge is 0.407 e. The van der Waals surface area contributed by atoms with Crippen molar-refractivity contribution in [2.75, 3.05) is 25.1 Å². The topological polar surface area (TPSA) is 150 Å². The van der Waals surface area contributed by atoms with Crippen molar-refractivity contribution >= 4 is 39.5 Å². The van der Waals surface area contributed by atoms with E-state index in [1.54, 1.807) is 36.4 Å². The Hall–Kier alpha value is -3.54. The van der Waals surface area contributed by atoms with E-state index in [2.05, 4.69) is 0 Å². The fourth-order valence-corrected chi connectivity index (χ4v) is 5.33. The lowest BCUT2D eigenvalue weighted by Crippen LogP contribution is -2.35. The second kappa shape index (κ2) is 13.0. The van der Waals surface area contributed by atoms with Crippen LogP contribution in [-0.2, 0) is 16.4 Å². The van der Waals surface area contributed by atoms with Crippen LogP contribution in [0, 0.1) is 0 Å². The molecular formula is C28H33N3O6S2. The molecule has 208 valence electrons. The van der Waals surface area contributed by atoms with Crippen LogP contribution in [-0.4, -0.2) is 60.1 Å². The van der Waals surface area contributed by atoms with E-state index in [0.717, 1.165) is 22.9 Å². The van der Waals surface area contributed by atoms with Gasteiger partial charge in [-0.2, -0.15) is 0 Å². The molecule has 1 atom stereocenters. The lowest BCUT2D eigenvalue weighted by Gasteiger charge is -2.23. The van der Waals surface area contributed by atoms with Crippen LogP contribution in [0.5, 0.6) is 0 Å². The van der Waals surface area contributed by atoms with E-state index >= 15 is 0 Å². The zero-order valence-electron chi connectivity index (χ0n) is 22.0. The van der Waals surface area contributed by atoms with Gasteiger partial charge in [-0.3, -0.25) is 4.79 Å². The molecule has 9 nitrogen and oxygen atoms in total. The molecule has 0 aromatic heterocycles. The molecule has 5 N–H and O–H groups in total. The van der Waals surface area contributed by atoms with Crippen LogP contribution in [0.25, 0.3) is 11.1 Å². The van der Waals surface area contributed by atoms with E-state index in [1.165, 1.54) is 16.7 Å². The number of hydrogen-bond acceptors (Lipinski definition) is 7. The zero-order valence-corrected chi connectivity index (χ0v) is 23.6. The summed E-state index contributed by atoms with van der Waals surface area (Å²) in [6, 6.07) is 19.6. The Bertz CT molecular complexity index is 1410. The molecule has 3 rings (SSSR count). The number of sulfonamides is 1. The summed E-state index contributed by atoms with van der Waals surface area (Å²) in [6.45, 7) is 4.12. The summed E-state index contributed by atoms with van der Waals surface area (Å²) in [4.78, 5) is 26.1. The number of amides is 2. The Kier molecular flexibility index (Phi) is 10.0. The summed E-state index contributed by atoms with van der Waals surface area (Å²) in [5.74, 6) is -0.674. The van der Waals surface area contributed by atoms with E-state index in [1.807, 2.05) is 48.9 Å². The van der Waals surface area contributed by atoms with Crippen LogP contribution in [0.4, 0.5) is 10.5 Å². The number of aliphatic hydroxyl groups is 1. The normalized spacial score (nSPS) is 12.2. The summed E-state index contributed by atoms with van der Waals surface area (Å²) >= 11 is 1.47. The molecule has 39 heavy (non-hydrogen) atoms. The maximum atomic E-state index is 12.5. The number of nitrogens with two attached hydrogens (primary N) is 1. The Labute approximate surface area is 233 Å². The predicted octanol–water partition coefficient (Wildman–Crippen LogP) is 4.38. The third kappa shape index (κ3) is 9.02. The first-order valence-corrected chi connectivity index (χ1v) is 15.0. The SMILES string of the molecule is CC(C)Sc1cc(-c2ccc(CCN(C[C@@H](O)c3ccc(N)cc3)C(=O)O)cc2)ccc1C(=O)NS(C)(=O)=O. The average molecular weight is 572 g/mol. The highest BCUT2D eigenvalue weighted by Gasteiger charge is 2.19. The standard InChI is InChI=1S/C28H33N3O6S2/c1-18(2)38-26-16-22(10-13-24(26)27(33)30-39(3,36)37)20-6-4-19(5-7-20)14-15-31(28(34)35)17-25(32)21-8-11-23(29)12-9-21/h4-13,16,18,25,32H,14-15,17,29H2,1-3H3,(H,30,33)(H,34,35)/t25-/m1/s1. The van der Waals surface area contributed by atoms with E-state index in [9.17, 15) is 28.2 Å². The molecule has 0 radical (unpaired) electrons. The van der Waals surface area contributed by atoms with Gasteiger partial charge in [0.25, 0.3) is 5.91 Å². The number of nitrogens with one attached hydrogen (secondary N) is 1. The number of rotatable bonds is 11. The van der Waals surface area contributed by atoms with Gasteiger partial charge in [-0.15, -0.1) is 11.8 Å². The maximum absolute atomic E-state index is 12.5. The Balaban J connectivity index is 1.71. The fraction of sp³-hybridized carbons (Fsp3) is 0.286. The minimum Gasteiger partial charge on any atom is -0.465 e. The van der Waals surface area contributed by atoms with Crippen molar-refractivity contribution in [2.24, 2.45) is 0 Å². The van der Waals surface area contributed by atoms with E-state index in [4.69, 9.17) is 5.73 Å². The van der Waals surface area contributed by atoms with Gasteiger partial charge < -0.3 is 20.8 Å². The maximum Gasteiger partial charge on any atom is 0.407 e. The van der Waals surface area contributed by atoms with Gasteiger partial charge in [0.1, 0.15) is 0 Å². The fourth-order valence-electron chi connectivity index (χ4n) is 3.89. The highest BCUT2D eigenvalue weighted by molar-refractivity contribution is 8.00. The van der Waals surface area contributed by atoms with E-state index in [0.29, 0.717) is 22.6 Å². The quantitative estimate of drug-likeness (QED) is 0.196. The van der Waals surface area contributed by atoms with Crippen molar-refractivity contribution in [3.8, 4) is 11.1 Å². The predicted molar refractivity (Wildman–Crippen MR) is 154 cm³/mol. The Morgan fingerprint density at radius 3 is 2.18 bits per heavy atom. The average Bonchev–Trinajstić information content (AvgIpc) is 2.85. The molecule has 0 bridgehead atoms. The first-order valence-electron chi connectivity index (χ1n) is 12.3. The Morgan fingerprint density at radius 2 is 1.62 bits per heavy atom. The van der Waals surface area contributed by atoms with Gasteiger partial charge in [0.2, 0.25) is 10.0 Å². The van der Waals surface area contributed by atoms with E-state index < -0.39 is 28.1 Å². The lowest BCUT2D eigenvalue weighted by atomic mass is 10.0. The molecule has 0 aliphatic carbocycles. The summed E-state index contributed by atoms with van der Waals surface area (Å²) in [7, 11) is -3.69. The summed E-state index contributed by atoms with van der Waals surface area (Å²) in [5.41, 5.74) is 9.80. The number of aliphatic hydroxyl groups excluding tert-OH is 1. The van der Waals surface area contributed by atoms with Crippen molar-refractivity contribution in [3.63, 3.8) is 0 Å². The number of carbonyl (C=O) groups is 2. The van der Waals surface area contributed by atoms with Gasteiger partial charge in [-0.1, -0.05) is 56.3 Å². The molecular weight excluding hydrogens is 538 g/mol. The second-order valence-corrected chi connectivity index (χ2v) is 12.8. The van der Waals surface area contributed by atoms with E-state index in [-0.39, 0.29) is 23.9 Å². The molecule has 2 amide bonds. The largest absolute Gasteiger partial charge is 0.465 e. The van der Waals surface area contributed by atoms with Crippen LogP contribution in [0.2, 0.25) is 0 Å². The molecule has 0 spiro atoms. The van der Waals surface area contributed by atoms with Gasteiger partial charge in [0.05, 0.1) is 24.5 Å². The van der Waals surface area contributed by atoms with Crippen LogP contribution in [0.1, 0.15) is 41.4 Å². The molecule has 0 fully saturated rings. The van der Waals surface area contributed by atoms with Gasteiger partial charge in [-0.05, 0) is 52.9 Å². The number of nitrogens with zero attached hydrogens (tertiary/aromatic N) is 1. The highest BCUT2D eigenvalue weighted by atomic mass is 32.2. The molecule has 11 heteroatoms. The second-order valence-electron chi connectivity index (χ2n) is 9.44. The number of carboxylic acid groups (broad SMARTS) is 1. The third-order valence-electron chi connectivity index (χ3n) is 5.81. The number of nitrogen functional groups attached to an aromatic ring is 1. The number of carbonyl (C=O) groups excluding carboxylic acids is 1. The van der Waals surface area contributed by atoms with Gasteiger partial charge in [-0.25, -0.2) is 17.9 Å². The van der Waals surface area contributed by atoms with Crippen LogP contribution in [0.15, 0.2) is 71.6 Å². The zero-order chi connectivity index (χ0) is 28.7. The summed E-state index contributed by atoms with van der Waals surface area (Å²) in [5, 5.41) is 20.3. The first-order chi connectivity index (χ1) is 18.3. The number of anilines is 1. The van der Waals surface area contributed by atoms with Crippen molar-refractivity contribution in [1.82, 2.24) is 9.62 Å². The van der Waals surface area contributed by atoms with Crippen molar-refractivity contribution < 1.29 is 28.2 Å². The first kappa shape index (κ1) is 30.0. The minimum atomic E-state index is -3.69. The third-order valence-corrected chi connectivity index (χ3v) is 7.43. The number of thioether (sulfide) groups is 1. The Morgan fingerprint density at radius 1 is 1.00 bits per heavy atom.